The number of benzene rings is 2. The highest BCUT2D eigenvalue weighted by atomic mass is 19.4. The first kappa shape index (κ1) is 24.7. The highest BCUT2D eigenvalue weighted by Crippen LogP contribution is 2.31. The van der Waals surface area contributed by atoms with Gasteiger partial charge in [-0.2, -0.15) is 13.2 Å². The molecule has 192 valence electrons. The minimum atomic E-state index is -4.32. The molecule has 0 bridgehead atoms. The van der Waals surface area contributed by atoms with Crippen molar-refractivity contribution in [2.45, 2.75) is 26.1 Å². The Morgan fingerprint density at radius 2 is 1.49 bits per heavy atom. The quantitative estimate of drug-likeness (QED) is 0.391. The lowest BCUT2D eigenvalue weighted by Crippen LogP contribution is -2.46. The summed E-state index contributed by atoms with van der Waals surface area (Å²) in [5.74, 6) is -0.154. The number of fused-ring (bicyclic) bond motifs is 1. The lowest BCUT2D eigenvalue weighted by atomic mass is 10.1. The summed E-state index contributed by atoms with van der Waals surface area (Å²) in [6.45, 7) is 5.38. The van der Waals surface area contributed by atoms with E-state index in [-0.39, 0.29) is 5.91 Å². The van der Waals surface area contributed by atoms with Crippen LogP contribution >= 0.6 is 0 Å². The van der Waals surface area contributed by atoms with Gasteiger partial charge in [0.1, 0.15) is 11.3 Å². The molecule has 1 aliphatic heterocycles. The van der Waals surface area contributed by atoms with Crippen molar-refractivity contribution in [1.29, 1.82) is 0 Å². The van der Waals surface area contributed by atoms with Gasteiger partial charge in [0.15, 0.2) is 0 Å². The fourth-order valence-electron chi connectivity index (χ4n) is 4.71. The van der Waals surface area contributed by atoms with E-state index in [0.717, 1.165) is 66.6 Å². The van der Waals surface area contributed by atoms with Crippen LogP contribution in [0.3, 0.4) is 0 Å². The summed E-state index contributed by atoms with van der Waals surface area (Å²) < 4.78 is 40.3. The molecule has 0 unspecified atom stereocenters. The van der Waals surface area contributed by atoms with E-state index in [1.54, 1.807) is 0 Å². The minimum absolute atomic E-state index is 0.154. The molecule has 1 fully saturated rings. The number of alkyl halides is 3. The molecule has 0 atom stereocenters. The molecule has 0 saturated carbocycles. The highest BCUT2D eigenvalue weighted by Gasteiger charge is 2.30. The number of amides is 1. The van der Waals surface area contributed by atoms with Gasteiger partial charge in [0, 0.05) is 50.3 Å². The molecular formula is C28H28F3N5O. The maximum absolute atomic E-state index is 13.0. The Morgan fingerprint density at radius 1 is 0.892 bits per heavy atom. The number of hydrogen-bond donors (Lipinski definition) is 1. The van der Waals surface area contributed by atoms with Gasteiger partial charge < -0.3 is 15.1 Å². The number of imidazole rings is 1. The van der Waals surface area contributed by atoms with Crippen LogP contribution in [-0.2, 0) is 19.1 Å². The Bertz CT molecular complexity index is 1370. The van der Waals surface area contributed by atoms with E-state index in [1.807, 2.05) is 60.0 Å². The SMILES string of the molecule is CCc1nc2ccccn2c1C(=O)NCc1ccc(N2CCN(c3ccc(C(F)(F)F)cc3)CC2)cc1. The molecule has 6 nitrogen and oxygen atoms in total. The van der Waals surface area contributed by atoms with Crippen LogP contribution in [0.2, 0.25) is 0 Å². The molecule has 0 spiro atoms. The van der Waals surface area contributed by atoms with Gasteiger partial charge in [-0.1, -0.05) is 25.1 Å². The molecule has 4 aromatic rings. The second-order valence-corrected chi connectivity index (χ2v) is 9.06. The molecule has 2 aromatic carbocycles. The van der Waals surface area contributed by atoms with Crippen LogP contribution in [-0.4, -0.2) is 41.5 Å². The van der Waals surface area contributed by atoms with Crippen LogP contribution in [0.5, 0.6) is 0 Å². The van der Waals surface area contributed by atoms with E-state index in [2.05, 4.69) is 20.1 Å². The van der Waals surface area contributed by atoms with Gasteiger partial charge >= 0.3 is 6.18 Å². The van der Waals surface area contributed by atoms with E-state index >= 15 is 0 Å². The molecule has 3 heterocycles. The third-order valence-corrected chi connectivity index (χ3v) is 6.75. The average Bonchev–Trinajstić information content (AvgIpc) is 3.31. The lowest BCUT2D eigenvalue weighted by Gasteiger charge is -2.37. The number of rotatable bonds is 6. The number of anilines is 2. The van der Waals surface area contributed by atoms with Crippen molar-refractivity contribution in [3.8, 4) is 0 Å². The predicted molar refractivity (Wildman–Crippen MR) is 138 cm³/mol. The Kier molecular flexibility index (Phi) is 6.78. The standard InChI is InChI=1S/C28H28F3N5O/c1-2-24-26(36-14-4-3-5-25(36)33-24)27(37)32-19-20-6-10-22(11-7-20)34-15-17-35(18-16-34)23-12-8-21(9-13-23)28(29,30)31/h3-14H,2,15-19H2,1H3,(H,32,37). The molecule has 0 radical (unpaired) electrons. The fraction of sp³-hybridized carbons (Fsp3) is 0.286. The normalized spacial score (nSPS) is 14.3. The van der Waals surface area contributed by atoms with Gasteiger partial charge in [-0.05, 0) is 60.5 Å². The lowest BCUT2D eigenvalue weighted by molar-refractivity contribution is -0.137. The zero-order valence-electron chi connectivity index (χ0n) is 20.5. The maximum Gasteiger partial charge on any atom is 0.416 e. The zero-order valence-corrected chi connectivity index (χ0v) is 20.5. The van der Waals surface area contributed by atoms with E-state index in [9.17, 15) is 18.0 Å². The van der Waals surface area contributed by atoms with Gasteiger partial charge in [0.25, 0.3) is 5.91 Å². The number of carbonyl (C=O) groups excluding carboxylic acids is 1. The number of carbonyl (C=O) groups is 1. The van der Waals surface area contributed by atoms with Crippen molar-refractivity contribution in [2.75, 3.05) is 36.0 Å². The summed E-state index contributed by atoms with van der Waals surface area (Å²) in [6.07, 6.45) is -1.80. The van der Waals surface area contributed by atoms with Crippen molar-refractivity contribution in [3.05, 3.63) is 95.4 Å². The second-order valence-electron chi connectivity index (χ2n) is 9.06. The third-order valence-electron chi connectivity index (χ3n) is 6.75. The fourth-order valence-corrected chi connectivity index (χ4v) is 4.71. The van der Waals surface area contributed by atoms with Crippen LogP contribution in [0.15, 0.2) is 72.9 Å². The Labute approximate surface area is 213 Å². The molecule has 1 N–H and O–H groups in total. The number of pyridine rings is 1. The zero-order chi connectivity index (χ0) is 26.0. The summed E-state index contributed by atoms with van der Waals surface area (Å²) in [5.41, 5.74) is 4.35. The van der Waals surface area contributed by atoms with E-state index < -0.39 is 11.7 Å². The summed E-state index contributed by atoms with van der Waals surface area (Å²) in [7, 11) is 0. The van der Waals surface area contributed by atoms with Crippen LogP contribution < -0.4 is 15.1 Å². The highest BCUT2D eigenvalue weighted by molar-refractivity contribution is 5.94. The molecule has 5 rings (SSSR count). The molecule has 1 amide bonds. The number of hydrogen-bond acceptors (Lipinski definition) is 4. The van der Waals surface area contributed by atoms with Gasteiger partial charge in [-0.3, -0.25) is 9.20 Å². The van der Waals surface area contributed by atoms with Crippen molar-refractivity contribution >= 4 is 22.9 Å². The number of halogens is 3. The summed E-state index contributed by atoms with van der Waals surface area (Å²) in [5, 5.41) is 3.01. The largest absolute Gasteiger partial charge is 0.416 e. The first-order chi connectivity index (χ1) is 17.8. The van der Waals surface area contributed by atoms with Crippen molar-refractivity contribution in [3.63, 3.8) is 0 Å². The van der Waals surface area contributed by atoms with E-state index in [1.165, 1.54) is 12.1 Å². The van der Waals surface area contributed by atoms with Crippen molar-refractivity contribution < 1.29 is 18.0 Å². The van der Waals surface area contributed by atoms with Crippen LogP contribution in [0, 0.1) is 0 Å². The summed E-state index contributed by atoms with van der Waals surface area (Å²) >= 11 is 0. The second kappa shape index (κ2) is 10.2. The van der Waals surface area contributed by atoms with Crippen LogP contribution in [0.1, 0.15) is 34.2 Å². The van der Waals surface area contributed by atoms with Gasteiger partial charge in [-0.25, -0.2) is 4.98 Å². The molecule has 0 aliphatic carbocycles. The van der Waals surface area contributed by atoms with Gasteiger partial charge in [0.2, 0.25) is 0 Å². The molecule has 1 aliphatic rings. The molecular weight excluding hydrogens is 479 g/mol. The molecule has 9 heteroatoms. The number of piperazine rings is 1. The first-order valence-corrected chi connectivity index (χ1v) is 12.3. The number of nitrogens with zero attached hydrogens (tertiary/aromatic N) is 4. The topological polar surface area (TPSA) is 52.9 Å². The van der Waals surface area contributed by atoms with Crippen molar-refractivity contribution in [1.82, 2.24) is 14.7 Å². The number of aromatic nitrogens is 2. The molecule has 1 saturated heterocycles. The number of aryl methyl sites for hydroxylation is 1. The average molecular weight is 508 g/mol. The van der Waals surface area contributed by atoms with Gasteiger partial charge in [-0.15, -0.1) is 0 Å². The first-order valence-electron chi connectivity index (χ1n) is 12.3. The monoisotopic (exact) mass is 507 g/mol. The molecule has 2 aromatic heterocycles. The smallest absolute Gasteiger partial charge is 0.368 e. The molecule has 37 heavy (non-hydrogen) atoms. The van der Waals surface area contributed by atoms with Crippen LogP contribution in [0.4, 0.5) is 24.5 Å². The Balaban J connectivity index is 1.17. The summed E-state index contributed by atoms with van der Waals surface area (Å²) in [6, 6.07) is 19.1. The van der Waals surface area contributed by atoms with Crippen LogP contribution in [0.25, 0.3) is 5.65 Å². The predicted octanol–water partition coefficient (Wildman–Crippen LogP) is 5.17. The summed E-state index contributed by atoms with van der Waals surface area (Å²) in [4.78, 5) is 21.9. The number of nitrogens with one attached hydrogen (secondary N) is 1. The van der Waals surface area contributed by atoms with E-state index in [4.69, 9.17) is 0 Å². The van der Waals surface area contributed by atoms with Gasteiger partial charge in [0.05, 0.1) is 11.3 Å². The third kappa shape index (κ3) is 5.26. The van der Waals surface area contributed by atoms with E-state index in [0.29, 0.717) is 18.7 Å². The van der Waals surface area contributed by atoms with Crippen molar-refractivity contribution in [2.24, 2.45) is 0 Å². The maximum atomic E-state index is 13.0. The Morgan fingerprint density at radius 3 is 2.05 bits per heavy atom. The Hall–Kier alpha value is -4.01. The minimum Gasteiger partial charge on any atom is -0.368 e.